The van der Waals surface area contributed by atoms with Crippen molar-refractivity contribution in [1.82, 2.24) is 5.32 Å². The third kappa shape index (κ3) is 6.25. The Labute approximate surface area is 115 Å². The predicted molar refractivity (Wildman–Crippen MR) is 75.6 cm³/mol. The maximum Gasteiger partial charge on any atom is 0.338 e. The molecule has 0 amide bonds. The lowest BCUT2D eigenvalue weighted by atomic mass is 10.2. The Morgan fingerprint density at radius 1 is 1.21 bits per heavy atom. The molecule has 1 aromatic rings. The summed E-state index contributed by atoms with van der Waals surface area (Å²) < 4.78 is 10.7. The topological polar surface area (TPSA) is 47.6 Å². The van der Waals surface area contributed by atoms with Crippen LogP contribution in [-0.2, 0) is 4.74 Å². The molecule has 0 saturated heterocycles. The first-order valence-electron chi connectivity index (χ1n) is 6.78. The van der Waals surface area contributed by atoms with Crippen molar-refractivity contribution in [1.29, 1.82) is 0 Å². The van der Waals surface area contributed by atoms with E-state index >= 15 is 0 Å². The van der Waals surface area contributed by atoms with Crippen LogP contribution in [0.15, 0.2) is 24.3 Å². The van der Waals surface area contributed by atoms with E-state index in [1.54, 1.807) is 24.3 Å². The lowest BCUT2D eigenvalue weighted by Crippen LogP contribution is -2.22. The van der Waals surface area contributed by atoms with Crippen molar-refractivity contribution in [3.05, 3.63) is 29.8 Å². The number of carbonyl (C=O) groups excluding carboxylic acids is 1. The zero-order valence-corrected chi connectivity index (χ0v) is 11.9. The molecule has 1 aromatic carbocycles. The zero-order chi connectivity index (χ0) is 14.1. The minimum Gasteiger partial charge on any atom is -0.491 e. The second-order valence-electron chi connectivity index (χ2n) is 4.58. The van der Waals surface area contributed by atoms with Gasteiger partial charge < -0.3 is 14.8 Å². The Morgan fingerprint density at radius 2 is 1.89 bits per heavy atom. The third-order valence-corrected chi connectivity index (χ3v) is 2.40. The summed E-state index contributed by atoms with van der Waals surface area (Å²) in [5, 5.41) is 3.18. The SMILES string of the molecule is CCCNCCOC(=O)c1ccc(OC(C)C)cc1. The van der Waals surface area contributed by atoms with E-state index in [4.69, 9.17) is 9.47 Å². The smallest absolute Gasteiger partial charge is 0.338 e. The molecule has 0 fully saturated rings. The normalized spacial score (nSPS) is 10.5. The van der Waals surface area contributed by atoms with Crippen molar-refractivity contribution in [2.24, 2.45) is 0 Å². The zero-order valence-electron chi connectivity index (χ0n) is 11.9. The van der Waals surface area contributed by atoms with Crippen LogP contribution in [0.4, 0.5) is 0 Å². The van der Waals surface area contributed by atoms with Crippen molar-refractivity contribution in [2.75, 3.05) is 19.7 Å². The van der Waals surface area contributed by atoms with Crippen LogP contribution in [0, 0.1) is 0 Å². The molecule has 0 aliphatic heterocycles. The number of carbonyl (C=O) groups is 1. The Morgan fingerprint density at radius 3 is 2.47 bits per heavy atom. The highest BCUT2D eigenvalue weighted by Crippen LogP contribution is 2.14. The highest BCUT2D eigenvalue weighted by Gasteiger charge is 2.07. The fourth-order valence-electron chi connectivity index (χ4n) is 1.54. The first-order valence-corrected chi connectivity index (χ1v) is 6.78. The molecule has 0 radical (unpaired) electrons. The molecule has 0 bridgehead atoms. The number of rotatable bonds is 8. The van der Waals surface area contributed by atoms with Crippen LogP contribution in [-0.4, -0.2) is 31.8 Å². The Bertz CT molecular complexity index is 373. The molecule has 0 heterocycles. The first-order chi connectivity index (χ1) is 9.13. The molecule has 106 valence electrons. The van der Waals surface area contributed by atoms with Gasteiger partial charge in [0.25, 0.3) is 0 Å². The number of esters is 1. The van der Waals surface area contributed by atoms with Gasteiger partial charge in [-0.15, -0.1) is 0 Å². The lowest BCUT2D eigenvalue weighted by molar-refractivity contribution is 0.0509. The standard InChI is InChI=1S/C15H23NO3/c1-4-9-16-10-11-18-15(17)13-5-7-14(8-6-13)19-12(2)3/h5-8,12,16H,4,9-11H2,1-3H3. The van der Waals surface area contributed by atoms with Gasteiger partial charge in [-0.25, -0.2) is 4.79 Å². The van der Waals surface area contributed by atoms with E-state index in [1.165, 1.54) is 0 Å². The molecule has 0 aliphatic carbocycles. The van der Waals surface area contributed by atoms with Crippen LogP contribution in [0.25, 0.3) is 0 Å². The third-order valence-electron chi connectivity index (χ3n) is 2.40. The van der Waals surface area contributed by atoms with Crippen molar-refractivity contribution in [3.8, 4) is 5.75 Å². The Balaban J connectivity index is 2.36. The number of hydrogen-bond acceptors (Lipinski definition) is 4. The van der Waals surface area contributed by atoms with Gasteiger partial charge in [-0.1, -0.05) is 6.92 Å². The van der Waals surface area contributed by atoms with Gasteiger partial charge in [0.05, 0.1) is 11.7 Å². The van der Waals surface area contributed by atoms with Crippen LogP contribution < -0.4 is 10.1 Å². The summed E-state index contributed by atoms with van der Waals surface area (Å²) in [6, 6.07) is 7.01. The van der Waals surface area contributed by atoms with E-state index < -0.39 is 0 Å². The lowest BCUT2D eigenvalue weighted by Gasteiger charge is -2.10. The fourth-order valence-corrected chi connectivity index (χ4v) is 1.54. The van der Waals surface area contributed by atoms with Crippen LogP contribution in [0.2, 0.25) is 0 Å². The molecule has 19 heavy (non-hydrogen) atoms. The molecule has 0 atom stereocenters. The van der Waals surface area contributed by atoms with Crippen molar-refractivity contribution >= 4 is 5.97 Å². The fraction of sp³-hybridized carbons (Fsp3) is 0.533. The van der Waals surface area contributed by atoms with E-state index in [9.17, 15) is 4.79 Å². The van der Waals surface area contributed by atoms with Gasteiger partial charge in [0.15, 0.2) is 0 Å². The summed E-state index contributed by atoms with van der Waals surface area (Å²) in [4.78, 5) is 11.7. The van der Waals surface area contributed by atoms with Crippen molar-refractivity contribution in [2.45, 2.75) is 33.3 Å². The second kappa shape index (κ2) is 8.53. The first kappa shape index (κ1) is 15.5. The minimum atomic E-state index is -0.297. The summed E-state index contributed by atoms with van der Waals surface area (Å²) in [6.45, 7) is 8.05. The largest absolute Gasteiger partial charge is 0.491 e. The van der Waals surface area contributed by atoms with Gasteiger partial charge in [-0.05, 0) is 51.1 Å². The number of nitrogens with one attached hydrogen (secondary N) is 1. The van der Waals surface area contributed by atoms with Gasteiger partial charge >= 0.3 is 5.97 Å². The quantitative estimate of drug-likeness (QED) is 0.580. The highest BCUT2D eigenvalue weighted by molar-refractivity contribution is 5.89. The van der Waals surface area contributed by atoms with Crippen molar-refractivity contribution in [3.63, 3.8) is 0 Å². The summed E-state index contributed by atoms with van der Waals surface area (Å²) >= 11 is 0. The van der Waals surface area contributed by atoms with Gasteiger partial charge in [-0.2, -0.15) is 0 Å². The van der Waals surface area contributed by atoms with Crippen molar-refractivity contribution < 1.29 is 14.3 Å². The second-order valence-corrected chi connectivity index (χ2v) is 4.58. The summed E-state index contributed by atoms with van der Waals surface area (Å²) in [7, 11) is 0. The van der Waals surface area contributed by atoms with Gasteiger partial charge in [0.2, 0.25) is 0 Å². The molecule has 4 nitrogen and oxygen atoms in total. The summed E-state index contributed by atoms with van der Waals surface area (Å²) in [5.41, 5.74) is 0.548. The highest BCUT2D eigenvalue weighted by atomic mass is 16.5. The minimum absolute atomic E-state index is 0.127. The molecule has 1 N–H and O–H groups in total. The molecular weight excluding hydrogens is 242 g/mol. The number of ether oxygens (including phenoxy) is 2. The molecule has 0 aliphatic rings. The van der Waals surface area contributed by atoms with E-state index in [2.05, 4.69) is 12.2 Å². The van der Waals surface area contributed by atoms with Crippen LogP contribution in [0.1, 0.15) is 37.6 Å². The molecule has 0 unspecified atom stereocenters. The molecule has 0 aromatic heterocycles. The Kier molecular flexibility index (Phi) is 6.97. The van der Waals surface area contributed by atoms with Gasteiger partial charge in [-0.3, -0.25) is 0 Å². The molecule has 4 heteroatoms. The Hall–Kier alpha value is -1.55. The van der Waals surface area contributed by atoms with Gasteiger partial charge in [0, 0.05) is 6.54 Å². The molecule has 1 rings (SSSR count). The summed E-state index contributed by atoms with van der Waals surface area (Å²) in [6.07, 6.45) is 1.20. The van der Waals surface area contributed by atoms with E-state index in [0.29, 0.717) is 18.7 Å². The maximum atomic E-state index is 11.7. The molecule has 0 spiro atoms. The van der Waals surface area contributed by atoms with Crippen LogP contribution in [0.3, 0.4) is 0 Å². The molecule has 0 saturated carbocycles. The van der Waals surface area contributed by atoms with E-state index in [1.807, 2.05) is 13.8 Å². The van der Waals surface area contributed by atoms with Crippen LogP contribution >= 0.6 is 0 Å². The maximum absolute atomic E-state index is 11.7. The monoisotopic (exact) mass is 265 g/mol. The van der Waals surface area contributed by atoms with Crippen LogP contribution in [0.5, 0.6) is 5.75 Å². The van der Waals surface area contributed by atoms with E-state index in [-0.39, 0.29) is 12.1 Å². The number of hydrogen-bond donors (Lipinski definition) is 1. The predicted octanol–water partition coefficient (Wildman–Crippen LogP) is 2.63. The van der Waals surface area contributed by atoms with Gasteiger partial charge in [0.1, 0.15) is 12.4 Å². The van der Waals surface area contributed by atoms with E-state index in [0.717, 1.165) is 18.7 Å². The average molecular weight is 265 g/mol. The number of benzene rings is 1. The summed E-state index contributed by atoms with van der Waals surface area (Å²) in [5.74, 6) is 0.463. The average Bonchev–Trinajstić information content (AvgIpc) is 2.38. The molecular formula is C15H23NO3.